The lowest BCUT2D eigenvalue weighted by Gasteiger charge is -2.29. The molecule has 0 aliphatic heterocycles. The first-order valence-corrected chi connectivity index (χ1v) is 9.64. The van der Waals surface area contributed by atoms with Crippen LogP contribution in [0.3, 0.4) is 0 Å². The Bertz CT molecular complexity index is 1080. The lowest BCUT2D eigenvalue weighted by molar-refractivity contribution is -0.171. The number of benzene rings is 1. The maximum Gasteiger partial charge on any atom is 0.409 e. The van der Waals surface area contributed by atoms with Gasteiger partial charge in [-0.25, -0.2) is 13.4 Å². The average molecular weight is 438 g/mol. The Hall–Kier alpha value is -1.81. The third-order valence-electron chi connectivity index (χ3n) is 3.97. The molecule has 0 saturated heterocycles. The number of alkyl halides is 3. The van der Waals surface area contributed by atoms with Crippen LogP contribution in [0.2, 0.25) is 10.2 Å². The van der Waals surface area contributed by atoms with Crippen molar-refractivity contribution in [3.63, 3.8) is 0 Å². The zero-order valence-corrected chi connectivity index (χ0v) is 16.0. The van der Waals surface area contributed by atoms with Gasteiger partial charge >= 0.3 is 6.18 Å². The number of nitrogens with zero attached hydrogens (tertiary/aromatic N) is 3. The maximum absolute atomic E-state index is 13.7. The molecule has 0 bridgehead atoms. The summed E-state index contributed by atoms with van der Waals surface area (Å²) in [5.41, 5.74) is 0.117. The van der Waals surface area contributed by atoms with Crippen LogP contribution < -0.4 is 0 Å². The summed E-state index contributed by atoms with van der Waals surface area (Å²) in [4.78, 5) is 3.60. The summed E-state index contributed by atoms with van der Waals surface area (Å²) in [5, 5.41) is 0.375. The van der Waals surface area contributed by atoms with Crippen LogP contribution in [0.5, 0.6) is 0 Å². The van der Waals surface area contributed by atoms with Crippen molar-refractivity contribution in [2.75, 3.05) is 7.05 Å². The number of halogens is 5. The number of rotatable bonds is 4. The van der Waals surface area contributed by atoms with E-state index in [2.05, 4.69) is 4.98 Å². The Morgan fingerprint density at radius 3 is 2.33 bits per heavy atom. The van der Waals surface area contributed by atoms with Gasteiger partial charge in [0.05, 0.1) is 11.1 Å². The van der Waals surface area contributed by atoms with Gasteiger partial charge in [-0.05, 0) is 29.8 Å². The molecule has 3 aromatic rings. The van der Waals surface area contributed by atoms with Gasteiger partial charge in [-0.15, -0.1) is 0 Å². The summed E-state index contributed by atoms with van der Waals surface area (Å²) >= 11 is 11.6. The lowest BCUT2D eigenvalue weighted by atomic mass is 10.1. The van der Waals surface area contributed by atoms with Crippen LogP contribution >= 0.6 is 23.2 Å². The molecule has 0 saturated carbocycles. The van der Waals surface area contributed by atoms with Crippen molar-refractivity contribution in [3.05, 3.63) is 64.5 Å². The van der Waals surface area contributed by atoms with Gasteiger partial charge < -0.3 is 0 Å². The zero-order chi connectivity index (χ0) is 20.0. The summed E-state index contributed by atoms with van der Waals surface area (Å²) < 4.78 is 68.4. The Kier molecular flexibility index (Phi) is 5.15. The van der Waals surface area contributed by atoms with Crippen molar-refractivity contribution in [1.29, 1.82) is 0 Å². The fourth-order valence-electron chi connectivity index (χ4n) is 2.64. The van der Waals surface area contributed by atoms with Crippen molar-refractivity contribution in [1.82, 2.24) is 13.7 Å². The summed E-state index contributed by atoms with van der Waals surface area (Å²) in [6.45, 7) is 0. The predicted octanol–water partition coefficient (Wildman–Crippen LogP) is 4.57. The smallest absolute Gasteiger partial charge is 0.289 e. The molecule has 5 nitrogen and oxygen atoms in total. The molecular formula is C16H12Cl2F3N3O2S. The van der Waals surface area contributed by atoms with Gasteiger partial charge in [0.2, 0.25) is 10.0 Å². The molecule has 0 fully saturated rings. The first-order chi connectivity index (χ1) is 12.5. The lowest BCUT2D eigenvalue weighted by Crippen LogP contribution is -2.39. The minimum Gasteiger partial charge on any atom is -0.289 e. The molecule has 0 aliphatic rings. The van der Waals surface area contributed by atoms with E-state index in [1.54, 1.807) is 0 Å². The fourth-order valence-corrected chi connectivity index (χ4v) is 4.28. The van der Waals surface area contributed by atoms with Crippen LogP contribution in [0.25, 0.3) is 5.65 Å². The zero-order valence-electron chi connectivity index (χ0n) is 13.7. The standard InChI is InChI=1S/C16H12Cl2F3N3O2S/c1-23(15(16(19,20)21)10-2-4-11(17)5-3-10)27(25,26)12-6-7-14-22-8-13(18)24(14)9-12/h2-9,15H,1H3. The van der Waals surface area contributed by atoms with E-state index in [4.69, 9.17) is 23.2 Å². The number of fused-ring (bicyclic) bond motifs is 1. The minimum absolute atomic E-state index is 0.134. The topological polar surface area (TPSA) is 54.7 Å². The number of aromatic nitrogens is 2. The monoisotopic (exact) mass is 437 g/mol. The number of hydrogen-bond donors (Lipinski definition) is 0. The first-order valence-electron chi connectivity index (χ1n) is 7.44. The van der Waals surface area contributed by atoms with Gasteiger partial charge in [0.15, 0.2) is 0 Å². The third-order valence-corrected chi connectivity index (χ3v) is 6.31. The van der Waals surface area contributed by atoms with E-state index in [1.807, 2.05) is 0 Å². The molecule has 0 spiro atoms. The summed E-state index contributed by atoms with van der Waals surface area (Å²) in [6.07, 6.45) is -2.40. The van der Waals surface area contributed by atoms with E-state index >= 15 is 0 Å². The second-order valence-electron chi connectivity index (χ2n) is 5.69. The first kappa shape index (κ1) is 19.9. The molecule has 27 heavy (non-hydrogen) atoms. The van der Waals surface area contributed by atoms with Crippen LogP contribution in [0.15, 0.2) is 53.7 Å². The highest BCUT2D eigenvalue weighted by molar-refractivity contribution is 7.89. The Balaban J connectivity index is 2.09. The number of sulfonamides is 1. The van der Waals surface area contributed by atoms with Crippen LogP contribution in [0.1, 0.15) is 11.6 Å². The fraction of sp³-hybridized carbons (Fsp3) is 0.188. The molecule has 2 aromatic heterocycles. The molecule has 1 atom stereocenters. The molecule has 0 aliphatic carbocycles. The van der Waals surface area contributed by atoms with Crippen LogP contribution in [0.4, 0.5) is 13.2 Å². The molecule has 0 N–H and O–H groups in total. The van der Waals surface area contributed by atoms with Crippen molar-refractivity contribution >= 4 is 38.9 Å². The van der Waals surface area contributed by atoms with Crippen molar-refractivity contribution in [2.24, 2.45) is 0 Å². The van der Waals surface area contributed by atoms with E-state index in [0.29, 0.717) is 5.65 Å². The van der Waals surface area contributed by atoms with Crippen molar-refractivity contribution in [2.45, 2.75) is 17.1 Å². The summed E-state index contributed by atoms with van der Waals surface area (Å²) in [7, 11) is -3.62. The van der Waals surface area contributed by atoms with E-state index in [1.165, 1.54) is 34.9 Å². The maximum atomic E-state index is 13.7. The quantitative estimate of drug-likeness (QED) is 0.600. The normalized spacial score (nSPS) is 14.0. The average Bonchev–Trinajstić information content (AvgIpc) is 2.96. The van der Waals surface area contributed by atoms with Gasteiger partial charge in [0, 0.05) is 18.3 Å². The Morgan fingerprint density at radius 2 is 1.74 bits per heavy atom. The molecule has 1 unspecified atom stereocenters. The highest BCUT2D eigenvalue weighted by Gasteiger charge is 2.47. The molecule has 144 valence electrons. The van der Waals surface area contributed by atoms with E-state index in [9.17, 15) is 21.6 Å². The summed E-state index contributed by atoms with van der Waals surface area (Å²) in [5.74, 6) is 0. The molecule has 1 aromatic carbocycles. The molecule has 0 amide bonds. The van der Waals surface area contributed by atoms with Gasteiger partial charge in [-0.3, -0.25) is 4.40 Å². The predicted molar refractivity (Wildman–Crippen MR) is 95.4 cm³/mol. The van der Waals surface area contributed by atoms with E-state index in [-0.39, 0.29) is 24.9 Å². The minimum atomic E-state index is -4.84. The van der Waals surface area contributed by atoms with Crippen molar-refractivity contribution in [3.8, 4) is 0 Å². The van der Waals surface area contributed by atoms with Gasteiger partial charge in [-0.2, -0.15) is 17.5 Å². The van der Waals surface area contributed by atoms with E-state index in [0.717, 1.165) is 25.4 Å². The Labute approximate surface area is 163 Å². The van der Waals surface area contributed by atoms with Gasteiger partial charge in [0.1, 0.15) is 16.8 Å². The van der Waals surface area contributed by atoms with Crippen LogP contribution in [0, 0.1) is 0 Å². The molecular weight excluding hydrogens is 426 g/mol. The highest BCUT2D eigenvalue weighted by Crippen LogP contribution is 2.40. The second-order valence-corrected chi connectivity index (χ2v) is 8.51. The molecule has 3 rings (SSSR count). The Morgan fingerprint density at radius 1 is 1.11 bits per heavy atom. The third kappa shape index (κ3) is 3.77. The van der Waals surface area contributed by atoms with Gasteiger partial charge in [-0.1, -0.05) is 35.3 Å². The SMILES string of the molecule is CN(C(c1ccc(Cl)cc1)C(F)(F)F)S(=O)(=O)c1ccc2ncc(Cl)n2c1. The van der Waals surface area contributed by atoms with Gasteiger partial charge in [0.25, 0.3) is 0 Å². The van der Waals surface area contributed by atoms with Crippen molar-refractivity contribution < 1.29 is 21.6 Å². The van der Waals surface area contributed by atoms with Crippen LogP contribution in [-0.4, -0.2) is 35.3 Å². The highest BCUT2D eigenvalue weighted by atomic mass is 35.5. The number of hydrogen-bond acceptors (Lipinski definition) is 3. The second kappa shape index (κ2) is 6.97. The summed E-state index contributed by atoms with van der Waals surface area (Å²) in [6, 6.07) is 4.98. The largest absolute Gasteiger partial charge is 0.409 e. The van der Waals surface area contributed by atoms with Crippen LogP contribution in [-0.2, 0) is 10.0 Å². The number of imidazole rings is 1. The van der Waals surface area contributed by atoms with E-state index < -0.39 is 22.2 Å². The molecule has 2 heterocycles. The molecule has 11 heteroatoms. The number of pyridine rings is 1. The molecule has 0 radical (unpaired) electrons.